The third-order valence-electron chi connectivity index (χ3n) is 1.80. The Labute approximate surface area is 91.0 Å². The number of aromatic nitrogens is 1. The average Bonchev–Trinajstić information content (AvgIpc) is 2.15. The summed E-state index contributed by atoms with van der Waals surface area (Å²) in [5, 5.41) is 0. The van der Waals surface area contributed by atoms with Crippen LogP contribution in [0.1, 0.15) is 23.1 Å². The van der Waals surface area contributed by atoms with Crippen molar-refractivity contribution in [3.8, 4) is 0 Å². The number of nitrogens with zero attached hydrogens (tertiary/aromatic N) is 1. The Balaban J connectivity index is 3.55. The fourth-order valence-electron chi connectivity index (χ4n) is 1.17. The molecule has 1 nitrogen and oxygen atoms in total. The third-order valence-corrected chi connectivity index (χ3v) is 2.09. The topological polar surface area (TPSA) is 12.9 Å². The van der Waals surface area contributed by atoms with E-state index in [2.05, 4.69) is 4.98 Å². The number of pyridine rings is 1. The number of hydrogen-bond acceptors (Lipinski definition) is 1. The zero-order valence-electron chi connectivity index (χ0n) is 7.45. The van der Waals surface area contributed by atoms with E-state index in [0.717, 1.165) is 0 Å². The molecule has 0 atom stereocenters. The molecular weight excluding hydrogens is 260 g/mol. The quantitative estimate of drug-likeness (QED) is 0.448. The number of alkyl halides is 6. The maximum atomic E-state index is 12.8. The lowest BCUT2D eigenvalue weighted by Gasteiger charge is -2.15. The molecule has 0 aliphatic rings. The molecule has 0 aliphatic heterocycles. The second kappa shape index (κ2) is 4.48. The van der Waals surface area contributed by atoms with Crippen molar-refractivity contribution < 1.29 is 26.3 Å². The Hall–Kier alpha value is -0.980. The lowest BCUT2D eigenvalue weighted by atomic mass is 10.1. The van der Waals surface area contributed by atoms with E-state index in [-0.39, 0.29) is 0 Å². The van der Waals surface area contributed by atoms with E-state index < -0.39 is 41.1 Å². The van der Waals surface area contributed by atoms with Crippen LogP contribution in [0.25, 0.3) is 0 Å². The summed E-state index contributed by atoms with van der Waals surface area (Å²) in [4.78, 5) is 2.75. The van der Waals surface area contributed by atoms with Crippen LogP contribution in [-0.2, 0) is 12.1 Å². The van der Waals surface area contributed by atoms with Crippen LogP contribution in [0.3, 0.4) is 0 Å². The average molecular weight is 264 g/mol. The predicted octanol–water partition coefficient (Wildman–Crippen LogP) is 3.92. The molecule has 0 N–H and O–H groups in total. The largest absolute Gasteiger partial charge is 0.421 e. The van der Waals surface area contributed by atoms with Gasteiger partial charge in [0.1, 0.15) is 5.56 Å². The van der Waals surface area contributed by atoms with Crippen LogP contribution in [0, 0.1) is 5.95 Å². The van der Waals surface area contributed by atoms with Gasteiger partial charge in [-0.05, 0) is 5.56 Å². The molecular formula is C8H4ClF6N. The van der Waals surface area contributed by atoms with Gasteiger partial charge in [0.2, 0.25) is 5.95 Å². The maximum Gasteiger partial charge on any atom is 0.421 e. The van der Waals surface area contributed by atoms with E-state index in [1.165, 1.54) is 0 Å². The first-order chi connectivity index (χ1) is 7.29. The summed E-state index contributed by atoms with van der Waals surface area (Å²) in [6.45, 7) is 0. The Morgan fingerprint density at radius 1 is 1.31 bits per heavy atom. The van der Waals surface area contributed by atoms with Crippen LogP contribution in [0.4, 0.5) is 26.3 Å². The number of hydrogen-bond donors (Lipinski definition) is 0. The van der Waals surface area contributed by atoms with Crippen LogP contribution in [0.2, 0.25) is 0 Å². The SMILES string of the molecule is Fc1ncc(CCl)c(C(F)F)c1C(F)(F)F. The van der Waals surface area contributed by atoms with Crippen LogP contribution in [-0.4, -0.2) is 4.98 Å². The molecule has 1 rings (SSSR count). The van der Waals surface area contributed by atoms with Gasteiger partial charge in [0.05, 0.1) is 0 Å². The van der Waals surface area contributed by atoms with E-state index in [1.807, 2.05) is 0 Å². The van der Waals surface area contributed by atoms with E-state index in [1.54, 1.807) is 0 Å². The summed E-state index contributed by atoms with van der Waals surface area (Å²) in [6, 6.07) is 0. The van der Waals surface area contributed by atoms with E-state index >= 15 is 0 Å². The lowest BCUT2D eigenvalue weighted by molar-refractivity contribution is -0.142. The highest BCUT2D eigenvalue weighted by Crippen LogP contribution is 2.39. The second-order valence-corrected chi connectivity index (χ2v) is 3.06. The van der Waals surface area contributed by atoms with Crippen LogP contribution < -0.4 is 0 Å². The van der Waals surface area contributed by atoms with E-state index in [9.17, 15) is 26.3 Å². The van der Waals surface area contributed by atoms with Crippen molar-refractivity contribution in [1.82, 2.24) is 4.98 Å². The maximum absolute atomic E-state index is 12.8. The Bertz CT molecular complexity index is 389. The first kappa shape index (κ1) is 13.1. The minimum absolute atomic E-state index is 0.537. The van der Waals surface area contributed by atoms with E-state index in [0.29, 0.717) is 6.20 Å². The first-order valence-electron chi connectivity index (χ1n) is 3.87. The lowest BCUT2D eigenvalue weighted by Crippen LogP contribution is -2.15. The van der Waals surface area contributed by atoms with Gasteiger partial charge in [-0.1, -0.05) is 0 Å². The monoisotopic (exact) mass is 263 g/mol. The fraction of sp³-hybridized carbons (Fsp3) is 0.375. The molecule has 0 bridgehead atoms. The summed E-state index contributed by atoms with van der Waals surface area (Å²) < 4.78 is 74.7. The second-order valence-electron chi connectivity index (χ2n) is 2.80. The van der Waals surface area contributed by atoms with Gasteiger partial charge in [-0.3, -0.25) is 0 Å². The van der Waals surface area contributed by atoms with Crippen LogP contribution in [0.15, 0.2) is 6.20 Å². The summed E-state index contributed by atoms with van der Waals surface area (Å²) >= 11 is 5.19. The molecule has 0 spiro atoms. The molecule has 0 aliphatic carbocycles. The highest BCUT2D eigenvalue weighted by Gasteiger charge is 2.41. The van der Waals surface area contributed by atoms with Gasteiger partial charge in [0, 0.05) is 17.6 Å². The molecule has 16 heavy (non-hydrogen) atoms. The molecule has 0 aromatic carbocycles. The van der Waals surface area contributed by atoms with Gasteiger partial charge in [0.25, 0.3) is 6.43 Å². The smallest absolute Gasteiger partial charge is 0.227 e. The zero-order chi connectivity index (χ0) is 12.5. The Morgan fingerprint density at radius 2 is 1.88 bits per heavy atom. The molecule has 1 aromatic heterocycles. The van der Waals surface area contributed by atoms with Crippen molar-refractivity contribution in [2.45, 2.75) is 18.5 Å². The highest BCUT2D eigenvalue weighted by atomic mass is 35.5. The van der Waals surface area contributed by atoms with Crippen molar-refractivity contribution in [3.05, 3.63) is 28.8 Å². The minimum Gasteiger partial charge on any atom is -0.227 e. The number of rotatable bonds is 2. The summed E-state index contributed by atoms with van der Waals surface area (Å²) in [5.41, 5.74) is -4.04. The fourth-order valence-corrected chi connectivity index (χ4v) is 1.38. The van der Waals surface area contributed by atoms with Gasteiger partial charge in [-0.2, -0.15) is 17.6 Å². The minimum atomic E-state index is -5.23. The van der Waals surface area contributed by atoms with Crippen molar-refractivity contribution in [3.63, 3.8) is 0 Å². The van der Waals surface area contributed by atoms with Gasteiger partial charge < -0.3 is 0 Å². The van der Waals surface area contributed by atoms with Crippen molar-refractivity contribution in [1.29, 1.82) is 0 Å². The molecule has 0 amide bonds. The molecule has 0 unspecified atom stereocenters. The van der Waals surface area contributed by atoms with Crippen molar-refractivity contribution in [2.75, 3.05) is 0 Å². The molecule has 8 heteroatoms. The highest BCUT2D eigenvalue weighted by molar-refractivity contribution is 6.17. The standard InChI is InChI=1S/C8H4ClF6N/c9-1-3-2-16-7(12)5(8(13,14)15)4(3)6(10)11/h2,6H,1H2. The first-order valence-corrected chi connectivity index (χ1v) is 4.41. The number of halogens is 7. The molecule has 90 valence electrons. The summed E-state index contributed by atoms with van der Waals surface area (Å²) in [7, 11) is 0. The zero-order valence-corrected chi connectivity index (χ0v) is 8.21. The van der Waals surface area contributed by atoms with Gasteiger partial charge in [-0.25, -0.2) is 13.8 Å². The van der Waals surface area contributed by atoms with Crippen molar-refractivity contribution >= 4 is 11.6 Å². The summed E-state index contributed by atoms with van der Waals surface area (Å²) in [5.74, 6) is -2.58. The molecule has 1 heterocycles. The van der Waals surface area contributed by atoms with Gasteiger partial charge in [-0.15, -0.1) is 11.6 Å². The summed E-state index contributed by atoms with van der Waals surface area (Å²) in [6.07, 6.45) is -8.13. The Morgan fingerprint density at radius 3 is 2.25 bits per heavy atom. The van der Waals surface area contributed by atoms with E-state index in [4.69, 9.17) is 11.6 Å². The predicted molar refractivity (Wildman–Crippen MR) is 43.7 cm³/mol. The normalized spacial score (nSPS) is 12.2. The molecule has 0 saturated carbocycles. The molecule has 0 radical (unpaired) electrons. The third kappa shape index (κ3) is 2.40. The van der Waals surface area contributed by atoms with Crippen LogP contribution in [0.5, 0.6) is 0 Å². The van der Waals surface area contributed by atoms with Gasteiger partial charge in [0.15, 0.2) is 0 Å². The molecule has 1 aromatic rings. The Kier molecular flexibility index (Phi) is 3.67. The van der Waals surface area contributed by atoms with Crippen LogP contribution >= 0.6 is 11.6 Å². The molecule has 0 saturated heterocycles. The van der Waals surface area contributed by atoms with Gasteiger partial charge >= 0.3 is 6.18 Å². The van der Waals surface area contributed by atoms with Crippen molar-refractivity contribution in [2.24, 2.45) is 0 Å². The molecule has 0 fully saturated rings.